The lowest BCUT2D eigenvalue weighted by Crippen LogP contribution is -2.28. The van der Waals surface area contributed by atoms with Gasteiger partial charge in [-0.05, 0) is 42.8 Å². The summed E-state index contributed by atoms with van der Waals surface area (Å²) in [5.74, 6) is 0.529. The minimum Gasteiger partial charge on any atom is -0.490 e. The lowest BCUT2D eigenvalue weighted by Gasteiger charge is -2.17. The Labute approximate surface area is 160 Å². The summed E-state index contributed by atoms with van der Waals surface area (Å²) in [5, 5.41) is 2.79. The van der Waals surface area contributed by atoms with Crippen LogP contribution in [0.4, 0.5) is 5.69 Å². The lowest BCUT2D eigenvalue weighted by atomic mass is 10.2. The van der Waals surface area contributed by atoms with E-state index in [0.29, 0.717) is 24.5 Å². The maximum atomic E-state index is 12.4. The Morgan fingerprint density at radius 2 is 1.81 bits per heavy atom. The van der Waals surface area contributed by atoms with Crippen molar-refractivity contribution in [2.45, 2.75) is 17.7 Å². The molecule has 7 heteroatoms. The highest BCUT2D eigenvalue weighted by atomic mass is 32.2. The fraction of sp³-hybridized carbons (Fsp3) is 0.250. The number of hydrogen-bond donors (Lipinski definition) is 1. The molecule has 0 aliphatic carbocycles. The molecule has 0 radical (unpaired) electrons. The summed E-state index contributed by atoms with van der Waals surface area (Å²) in [6, 6.07) is 15.3. The predicted octanol–water partition coefficient (Wildman–Crippen LogP) is 3.29. The van der Waals surface area contributed by atoms with Crippen LogP contribution in [0.25, 0.3) is 0 Å². The van der Waals surface area contributed by atoms with Crippen molar-refractivity contribution >= 4 is 21.6 Å². The number of benzene rings is 2. The normalized spacial score (nSPS) is 11.2. The molecule has 0 atom stereocenters. The minimum absolute atomic E-state index is 0.166. The topological polar surface area (TPSA) is 75.7 Å². The molecular formula is C20H24N2O4S. The number of rotatable bonds is 10. The van der Waals surface area contributed by atoms with Gasteiger partial charge in [0.25, 0.3) is 0 Å². The quantitative estimate of drug-likeness (QED) is 0.634. The summed E-state index contributed by atoms with van der Waals surface area (Å²) in [4.78, 5) is 12.3. The largest absolute Gasteiger partial charge is 0.490 e. The first kappa shape index (κ1) is 20.7. The third-order valence-electron chi connectivity index (χ3n) is 3.83. The van der Waals surface area contributed by atoms with Gasteiger partial charge in [-0.1, -0.05) is 30.9 Å². The summed E-state index contributed by atoms with van der Waals surface area (Å²) < 4.78 is 31.5. The zero-order valence-corrected chi connectivity index (χ0v) is 16.1. The fourth-order valence-corrected chi connectivity index (χ4v) is 3.60. The molecule has 27 heavy (non-hydrogen) atoms. The molecule has 6 nitrogen and oxygen atoms in total. The zero-order chi connectivity index (χ0) is 19.7. The van der Waals surface area contributed by atoms with E-state index in [1.165, 1.54) is 11.4 Å². The van der Waals surface area contributed by atoms with Crippen molar-refractivity contribution in [2.75, 3.05) is 25.5 Å². The zero-order valence-electron chi connectivity index (χ0n) is 15.3. The summed E-state index contributed by atoms with van der Waals surface area (Å²) >= 11 is 0. The first-order valence-corrected chi connectivity index (χ1v) is 10.0. The molecular weight excluding hydrogens is 364 g/mol. The highest BCUT2D eigenvalue weighted by Crippen LogP contribution is 2.17. The van der Waals surface area contributed by atoms with Gasteiger partial charge in [-0.25, -0.2) is 12.7 Å². The Morgan fingerprint density at radius 3 is 2.44 bits per heavy atom. The number of nitrogens with one attached hydrogen (secondary N) is 1. The van der Waals surface area contributed by atoms with Gasteiger partial charge in [0.1, 0.15) is 12.4 Å². The lowest BCUT2D eigenvalue weighted by molar-refractivity contribution is -0.116. The number of amides is 1. The van der Waals surface area contributed by atoms with Crippen LogP contribution in [-0.4, -0.2) is 38.8 Å². The molecule has 0 bridgehead atoms. The van der Waals surface area contributed by atoms with E-state index in [-0.39, 0.29) is 23.8 Å². The van der Waals surface area contributed by atoms with Crippen molar-refractivity contribution in [2.24, 2.45) is 0 Å². The molecule has 0 aromatic heterocycles. The third-order valence-corrected chi connectivity index (χ3v) is 5.71. The van der Waals surface area contributed by atoms with Gasteiger partial charge in [0, 0.05) is 25.7 Å². The van der Waals surface area contributed by atoms with E-state index in [0.717, 1.165) is 0 Å². The van der Waals surface area contributed by atoms with Crippen LogP contribution in [0.2, 0.25) is 0 Å². The number of nitrogens with zero attached hydrogens (tertiary/aromatic N) is 1. The molecule has 0 saturated carbocycles. The molecule has 2 aromatic carbocycles. The van der Waals surface area contributed by atoms with Gasteiger partial charge in [-0.15, -0.1) is 0 Å². The first-order valence-electron chi connectivity index (χ1n) is 8.58. The number of carbonyl (C=O) groups excluding carboxylic acids is 1. The number of hydrogen-bond acceptors (Lipinski definition) is 4. The van der Waals surface area contributed by atoms with Crippen molar-refractivity contribution < 1.29 is 17.9 Å². The van der Waals surface area contributed by atoms with Crippen molar-refractivity contribution in [3.8, 4) is 5.75 Å². The molecule has 0 aliphatic rings. The summed E-state index contributed by atoms with van der Waals surface area (Å²) in [5.41, 5.74) is 0.663. The van der Waals surface area contributed by atoms with E-state index in [9.17, 15) is 13.2 Å². The van der Waals surface area contributed by atoms with E-state index in [1.807, 2.05) is 0 Å². The van der Waals surface area contributed by atoms with E-state index < -0.39 is 10.0 Å². The van der Waals surface area contributed by atoms with E-state index >= 15 is 0 Å². The van der Waals surface area contributed by atoms with Crippen LogP contribution in [0, 0.1) is 0 Å². The van der Waals surface area contributed by atoms with Crippen LogP contribution < -0.4 is 10.1 Å². The Morgan fingerprint density at radius 1 is 1.15 bits per heavy atom. The second kappa shape index (κ2) is 9.89. The molecule has 0 spiro atoms. The Bertz CT molecular complexity index is 849. The predicted molar refractivity (Wildman–Crippen MR) is 106 cm³/mol. The summed E-state index contributed by atoms with van der Waals surface area (Å²) in [6.45, 7) is 4.27. The van der Waals surface area contributed by atoms with Crippen molar-refractivity contribution in [1.82, 2.24) is 4.31 Å². The standard InChI is InChI=1S/C20H24N2O4S/c1-3-16-26-18-13-11-17(12-14-18)21-20(23)10-7-15-22(2)27(24,25)19-8-5-4-6-9-19/h3-6,8-9,11-14H,1,7,10,15-16H2,2H3,(H,21,23). The van der Waals surface area contributed by atoms with Crippen LogP contribution in [-0.2, 0) is 14.8 Å². The molecule has 0 saturated heterocycles. The molecule has 0 heterocycles. The Kier molecular flexibility index (Phi) is 7.57. The maximum Gasteiger partial charge on any atom is 0.242 e. The molecule has 144 valence electrons. The van der Waals surface area contributed by atoms with Crippen LogP contribution >= 0.6 is 0 Å². The molecule has 0 fully saturated rings. The van der Waals surface area contributed by atoms with Gasteiger partial charge >= 0.3 is 0 Å². The average Bonchev–Trinajstić information content (AvgIpc) is 2.68. The molecule has 1 amide bonds. The molecule has 0 aliphatic heterocycles. The highest BCUT2D eigenvalue weighted by Gasteiger charge is 2.20. The van der Waals surface area contributed by atoms with E-state index in [4.69, 9.17) is 4.74 Å². The minimum atomic E-state index is -3.53. The highest BCUT2D eigenvalue weighted by molar-refractivity contribution is 7.89. The third kappa shape index (κ3) is 6.23. The Hall–Kier alpha value is -2.64. The Balaban J connectivity index is 1.79. The first-order chi connectivity index (χ1) is 12.9. The smallest absolute Gasteiger partial charge is 0.242 e. The molecule has 0 unspecified atom stereocenters. The van der Waals surface area contributed by atoms with E-state index in [2.05, 4.69) is 11.9 Å². The van der Waals surface area contributed by atoms with Gasteiger partial charge in [-0.2, -0.15) is 0 Å². The monoisotopic (exact) mass is 388 g/mol. The van der Waals surface area contributed by atoms with Crippen molar-refractivity contribution in [3.63, 3.8) is 0 Å². The van der Waals surface area contributed by atoms with Crippen LogP contribution in [0.5, 0.6) is 5.75 Å². The van der Waals surface area contributed by atoms with Gasteiger partial charge in [0.2, 0.25) is 15.9 Å². The van der Waals surface area contributed by atoms with Crippen LogP contribution in [0.15, 0.2) is 72.1 Å². The second-order valence-electron chi connectivity index (χ2n) is 5.92. The van der Waals surface area contributed by atoms with Crippen LogP contribution in [0.1, 0.15) is 12.8 Å². The molecule has 2 rings (SSSR count). The van der Waals surface area contributed by atoms with Crippen molar-refractivity contribution in [1.29, 1.82) is 0 Å². The summed E-state index contributed by atoms with van der Waals surface area (Å²) in [7, 11) is -2.01. The average molecular weight is 388 g/mol. The molecule has 1 N–H and O–H groups in total. The number of sulfonamides is 1. The van der Waals surface area contributed by atoms with Gasteiger partial charge in [-0.3, -0.25) is 4.79 Å². The summed E-state index contributed by atoms with van der Waals surface area (Å²) in [6.07, 6.45) is 2.31. The maximum absolute atomic E-state index is 12.4. The number of carbonyl (C=O) groups is 1. The number of anilines is 1. The van der Waals surface area contributed by atoms with Gasteiger partial charge < -0.3 is 10.1 Å². The molecule has 2 aromatic rings. The van der Waals surface area contributed by atoms with Gasteiger partial charge in [0.15, 0.2) is 0 Å². The fourth-order valence-electron chi connectivity index (χ4n) is 2.37. The van der Waals surface area contributed by atoms with Gasteiger partial charge in [0.05, 0.1) is 4.90 Å². The van der Waals surface area contributed by atoms with Crippen LogP contribution in [0.3, 0.4) is 0 Å². The number of ether oxygens (including phenoxy) is 1. The van der Waals surface area contributed by atoms with Crippen molar-refractivity contribution in [3.05, 3.63) is 67.3 Å². The second-order valence-corrected chi connectivity index (χ2v) is 7.96. The van der Waals surface area contributed by atoms with E-state index in [1.54, 1.807) is 60.7 Å². The SMILES string of the molecule is C=CCOc1ccc(NC(=O)CCCN(C)S(=O)(=O)c2ccccc2)cc1.